The standard InChI is InChI=1S/C21H29ClN4O3S2/c1-21(2,3)29-18(27)10-7-12-30-31-13-11-23-19-15(22)14-24-20(26-19)25-16-8-5-6-9-17(16)28-4/h5-6,8-9,14H,7,10-13H2,1-4H3,(H2,23,24,25,26). The van der Waals surface area contributed by atoms with Crippen molar-refractivity contribution in [3.05, 3.63) is 35.5 Å². The smallest absolute Gasteiger partial charge is 0.306 e. The van der Waals surface area contributed by atoms with Gasteiger partial charge in [-0.2, -0.15) is 4.98 Å². The van der Waals surface area contributed by atoms with Gasteiger partial charge in [-0.3, -0.25) is 4.79 Å². The van der Waals surface area contributed by atoms with Gasteiger partial charge in [0.05, 0.1) is 19.0 Å². The molecule has 0 spiro atoms. The van der Waals surface area contributed by atoms with Gasteiger partial charge in [0, 0.05) is 24.5 Å². The molecule has 2 aromatic rings. The molecule has 0 aliphatic heterocycles. The molecule has 0 aliphatic carbocycles. The maximum atomic E-state index is 11.7. The zero-order valence-corrected chi connectivity index (χ0v) is 20.6. The Morgan fingerprint density at radius 1 is 1.19 bits per heavy atom. The largest absolute Gasteiger partial charge is 0.495 e. The Hall–Kier alpha value is -1.84. The van der Waals surface area contributed by atoms with E-state index in [-0.39, 0.29) is 5.97 Å². The minimum atomic E-state index is -0.421. The SMILES string of the molecule is COc1ccccc1Nc1ncc(Cl)c(NCCSSCCCC(=O)OC(C)(C)C)n1. The Kier molecular flexibility index (Phi) is 10.6. The number of carbonyl (C=O) groups is 1. The number of carbonyl (C=O) groups excluding carboxylic acids is 1. The molecule has 0 saturated carbocycles. The summed E-state index contributed by atoms with van der Waals surface area (Å²) in [5.41, 5.74) is 0.353. The summed E-state index contributed by atoms with van der Waals surface area (Å²) in [6.07, 6.45) is 2.81. The Bertz CT molecular complexity index is 850. The predicted octanol–water partition coefficient (Wildman–Crippen LogP) is 5.80. The van der Waals surface area contributed by atoms with Gasteiger partial charge in [0.2, 0.25) is 5.95 Å². The maximum absolute atomic E-state index is 11.7. The molecule has 0 radical (unpaired) electrons. The summed E-state index contributed by atoms with van der Waals surface area (Å²) in [6.45, 7) is 6.34. The molecule has 0 aliphatic rings. The topological polar surface area (TPSA) is 85.4 Å². The lowest BCUT2D eigenvalue weighted by atomic mass is 10.2. The number of hydrogen-bond acceptors (Lipinski definition) is 9. The first-order valence-electron chi connectivity index (χ1n) is 9.91. The second-order valence-electron chi connectivity index (χ2n) is 7.48. The molecule has 170 valence electrons. The summed E-state index contributed by atoms with van der Waals surface area (Å²) in [6, 6.07) is 7.55. The number of nitrogens with zero attached hydrogens (tertiary/aromatic N) is 2. The van der Waals surface area contributed by atoms with Gasteiger partial charge < -0.3 is 20.1 Å². The zero-order valence-electron chi connectivity index (χ0n) is 18.2. The van der Waals surface area contributed by atoms with Gasteiger partial charge in [-0.25, -0.2) is 4.98 Å². The fourth-order valence-electron chi connectivity index (χ4n) is 2.42. The number of nitrogens with one attached hydrogen (secondary N) is 2. The molecular formula is C21H29ClN4O3S2. The monoisotopic (exact) mass is 484 g/mol. The van der Waals surface area contributed by atoms with E-state index in [1.165, 1.54) is 0 Å². The van der Waals surface area contributed by atoms with Crippen LogP contribution in [-0.4, -0.2) is 46.7 Å². The van der Waals surface area contributed by atoms with E-state index in [2.05, 4.69) is 20.6 Å². The molecule has 0 amide bonds. The molecule has 0 fully saturated rings. The van der Waals surface area contributed by atoms with Crippen molar-refractivity contribution >= 4 is 56.6 Å². The Balaban J connectivity index is 1.69. The van der Waals surface area contributed by atoms with Crippen LogP contribution in [0.1, 0.15) is 33.6 Å². The number of para-hydroxylation sites is 2. The average molecular weight is 485 g/mol. The minimum absolute atomic E-state index is 0.143. The number of rotatable bonds is 12. The van der Waals surface area contributed by atoms with Crippen LogP contribution >= 0.6 is 33.2 Å². The molecule has 7 nitrogen and oxygen atoms in total. The van der Waals surface area contributed by atoms with Crippen molar-refractivity contribution in [3.8, 4) is 5.75 Å². The van der Waals surface area contributed by atoms with Crippen LogP contribution < -0.4 is 15.4 Å². The zero-order chi connectivity index (χ0) is 22.7. The van der Waals surface area contributed by atoms with E-state index in [0.29, 0.717) is 35.5 Å². The van der Waals surface area contributed by atoms with Crippen LogP contribution in [0.3, 0.4) is 0 Å². The summed E-state index contributed by atoms with van der Waals surface area (Å²) in [4.78, 5) is 20.4. The summed E-state index contributed by atoms with van der Waals surface area (Å²) in [7, 11) is 5.09. The number of hydrogen-bond donors (Lipinski definition) is 2. The number of aromatic nitrogens is 2. The first-order valence-corrected chi connectivity index (χ1v) is 12.8. The quantitative estimate of drug-likeness (QED) is 0.220. The summed E-state index contributed by atoms with van der Waals surface area (Å²) >= 11 is 6.22. The summed E-state index contributed by atoms with van der Waals surface area (Å²) in [5.74, 6) is 3.33. The number of benzene rings is 1. The molecule has 1 aromatic carbocycles. The third-order valence-corrected chi connectivity index (χ3v) is 6.46. The Morgan fingerprint density at radius 3 is 2.68 bits per heavy atom. The first-order chi connectivity index (χ1) is 14.8. The molecule has 0 unspecified atom stereocenters. The van der Waals surface area contributed by atoms with Crippen LogP contribution in [-0.2, 0) is 9.53 Å². The van der Waals surface area contributed by atoms with Crippen LogP contribution in [0.5, 0.6) is 5.75 Å². The van der Waals surface area contributed by atoms with Gasteiger partial charge in [0.25, 0.3) is 0 Å². The van der Waals surface area contributed by atoms with Crippen molar-refractivity contribution in [2.75, 3.05) is 35.8 Å². The van der Waals surface area contributed by atoms with Gasteiger partial charge >= 0.3 is 5.97 Å². The van der Waals surface area contributed by atoms with Crippen molar-refractivity contribution in [2.24, 2.45) is 0 Å². The molecule has 10 heteroatoms. The van der Waals surface area contributed by atoms with E-state index in [4.69, 9.17) is 21.1 Å². The molecule has 0 bridgehead atoms. The van der Waals surface area contributed by atoms with Crippen molar-refractivity contribution in [2.45, 2.75) is 39.2 Å². The lowest BCUT2D eigenvalue weighted by molar-refractivity contribution is -0.154. The van der Waals surface area contributed by atoms with Crippen LogP contribution in [0.15, 0.2) is 30.5 Å². The lowest BCUT2D eigenvalue weighted by Crippen LogP contribution is -2.23. The molecule has 2 rings (SSSR count). The van der Waals surface area contributed by atoms with Gasteiger partial charge in [-0.05, 0) is 39.3 Å². The molecule has 1 aromatic heterocycles. The van der Waals surface area contributed by atoms with Gasteiger partial charge in [-0.15, -0.1) is 0 Å². The highest BCUT2D eigenvalue weighted by molar-refractivity contribution is 8.76. The van der Waals surface area contributed by atoms with E-state index >= 15 is 0 Å². The average Bonchev–Trinajstić information content (AvgIpc) is 2.71. The normalized spacial score (nSPS) is 11.1. The van der Waals surface area contributed by atoms with Crippen LogP contribution in [0, 0.1) is 0 Å². The van der Waals surface area contributed by atoms with Crippen LogP contribution in [0.4, 0.5) is 17.5 Å². The van der Waals surface area contributed by atoms with Crippen LogP contribution in [0.25, 0.3) is 0 Å². The molecule has 1 heterocycles. The van der Waals surface area contributed by atoms with E-state index < -0.39 is 5.60 Å². The third-order valence-electron chi connectivity index (χ3n) is 3.69. The van der Waals surface area contributed by atoms with Gasteiger partial charge in [0.15, 0.2) is 5.82 Å². The number of esters is 1. The first kappa shape index (κ1) is 25.4. The van der Waals surface area contributed by atoms with Crippen molar-refractivity contribution in [3.63, 3.8) is 0 Å². The maximum Gasteiger partial charge on any atom is 0.306 e. The highest BCUT2D eigenvalue weighted by Crippen LogP contribution is 2.28. The summed E-state index contributed by atoms with van der Waals surface area (Å²) in [5, 5.41) is 6.84. The molecule has 0 saturated heterocycles. The molecule has 0 atom stereocenters. The number of anilines is 3. The second kappa shape index (κ2) is 12.9. The van der Waals surface area contributed by atoms with Crippen molar-refractivity contribution in [1.82, 2.24) is 9.97 Å². The van der Waals surface area contributed by atoms with Gasteiger partial charge in [-0.1, -0.05) is 45.3 Å². The van der Waals surface area contributed by atoms with Gasteiger partial charge in [0.1, 0.15) is 16.4 Å². The van der Waals surface area contributed by atoms with E-state index in [0.717, 1.165) is 23.6 Å². The van der Waals surface area contributed by atoms with Crippen molar-refractivity contribution in [1.29, 1.82) is 0 Å². The molecule has 31 heavy (non-hydrogen) atoms. The number of ether oxygens (including phenoxy) is 2. The highest BCUT2D eigenvalue weighted by atomic mass is 35.5. The second-order valence-corrected chi connectivity index (χ2v) is 10.6. The predicted molar refractivity (Wildman–Crippen MR) is 132 cm³/mol. The van der Waals surface area contributed by atoms with E-state index in [9.17, 15) is 4.79 Å². The minimum Gasteiger partial charge on any atom is -0.495 e. The fraction of sp³-hybridized carbons (Fsp3) is 0.476. The highest BCUT2D eigenvalue weighted by Gasteiger charge is 2.15. The van der Waals surface area contributed by atoms with Crippen molar-refractivity contribution < 1.29 is 14.3 Å². The number of methoxy groups -OCH3 is 1. The third kappa shape index (κ3) is 9.88. The lowest BCUT2D eigenvalue weighted by Gasteiger charge is -2.19. The Labute approximate surface area is 196 Å². The Morgan fingerprint density at radius 2 is 1.94 bits per heavy atom. The van der Waals surface area contributed by atoms with Crippen LogP contribution in [0.2, 0.25) is 5.02 Å². The molecular weight excluding hydrogens is 456 g/mol. The summed E-state index contributed by atoms with van der Waals surface area (Å²) < 4.78 is 10.6. The fourth-order valence-corrected chi connectivity index (χ4v) is 4.57. The molecule has 2 N–H and O–H groups in total. The van der Waals surface area contributed by atoms with E-state index in [1.54, 1.807) is 34.9 Å². The number of halogens is 1. The van der Waals surface area contributed by atoms with E-state index in [1.807, 2.05) is 45.0 Å².